The minimum atomic E-state index is 0. The largest absolute Gasteiger partial charge is 0.305 e. The summed E-state index contributed by atoms with van der Waals surface area (Å²) in [6, 6.07) is 25.5. The molecular formula is C45H60IrN-. The summed E-state index contributed by atoms with van der Waals surface area (Å²) in [5.41, 5.74) is 7.77. The maximum Gasteiger partial charge on any atom is 0.0160 e. The number of pyridine rings is 1. The predicted octanol–water partition coefficient (Wildman–Crippen LogP) is 12.8. The molecule has 2 unspecified atom stereocenters. The molecule has 1 nitrogen and oxygen atoms in total. The topological polar surface area (TPSA) is 12.9 Å². The first-order chi connectivity index (χ1) is 22.1. The summed E-state index contributed by atoms with van der Waals surface area (Å²) in [4.78, 5) is 4.54. The van der Waals surface area contributed by atoms with Crippen LogP contribution in [0.1, 0.15) is 130 Å². The Bertz CT molecular complexity index is 1480. The Kier molecular flexibility index (Phi) is 10.3. The molecule has 4 aliphatic carbocycles. The van der Waals surface area contributed by atoms with Crippen LogP contribution in [0.25, 0.3) is 22.4 Å². The summed E-state index contributed by atoms with van der Waals surface area (Å²) in [5.74, 6) is 6.19. The molecule has 0 spiro atoms. The van der Waals surface area contributed by atoms with Crippen LogP contribution in [-0.2, 0) is 20.1 Å². The van der Waals surface area contributed by atoms with E-state index in [1.54, 1.807) is 5.56 Å². The van der Waals surface area contributed by atoms with Crippen molar-refractivity contribution in [3.05, 3.63) is 78.5 Å². The Morgan fingerprint density at radius 1 is 0.809 bits per heavy atom. The molecule has 3 aromatic rings. The molecule has 4 aliphatic rings. The first-order valence-electron chi connectivity index (χ1n) is 19.2. The molecule has 2 aromatic carbocycles. The minimum Gasteiger partial charge on any atom is -0.305 e. The SMILES string of the molecule is CC(C)CCC[C@@H](C)[C@@]1(C)CC[C@H]2[C@@H]3CC[C@H]4CC(c5ccc(-c6cc[c-]c(-c7ccccn7)c6)cc5)CC[C@]4(C)C3CC[C@@]21C.[Ir]. The van der Waals surface area contributed by atoms with Gasteiger partial charge < -0.3 is 4.98 Å². The zero-order valence-corrected chi connectivity index (χ0v) is 32.6. The first-order valence-corrected chi connectivity index (χ1v) is 19.2. The number of hydrogen-bond donors (Lipinski definition) is 0. The van der Waals surface area contributed by atoms with Gasteiger partial charge in [-0.1, -0.05) is 97.2 Å². The zero-order chi connectivity index (χ0) is 32.1. The van der Waals surface area contributed by atoms with Gasteiger partial charge in [-0.25, -0.2) is 0 Å². The third-order valence-corrected chi connectivity index (χ3v) is 15.3. The van der Waals surface area contributed by atoms with Gasteiger partial charge in [-0.2, -0.15) is 0 Å². The molecule has 47 heavy (non-hydrogen) atoms. The molecule has 7 rings (SSSR count). The summed E-state index contributed by atoms with van der Waals surface area (Å²) in [5, 5.41) is 0. The van der Waals surface area contributed by atoms with Crippen LogP contribution in [0.4, 0.5) is 0 Å². The molecule has 255 valence electrons. The minimum absolute atomic E-state index is 0. The predicted molar refractivity (Wildman–Crippen MR) is 194 cm³/mol. The number of aromatic nitrogens is 1. The summed E-state index contributed by atoms with van der Waals surface area (Å²) >= 11 is 0. The monoisotopic (exact) mass is 807 g/mol. The Morgan fingerprint density at radius 2 is 1.60 bits per heavy atom. The summed E-state index contributed by atoms with van der Waals surface area (Å²) in [6.07, 6.45) is 19.2. The van der Waals surface area contributed by atoms with Crippen molar-refractivity contribution in [2.45, 2.75) is 125 Å². The van der Waals surface area contributed by atoms with Crippen molar-refractivity contribution in [2.75, 3.05) is 0 Å². The summed E-state index contributed by atoms with van der Waals surface area (Å²) < 4.78 is 0. The van der Waals surface area contributed by atoms with Gasteiger partial charge in [0.05, 0.1) is 0 Å². The van der Waals surface area contributed by atoms with Crippen LogP contribution in [0.2, 0.25) is 0 Å². The fourth-order valence-electron chi connectivity index (χ4n) is 12.1. The van der Waals surface area contributed by atoms with E-state index in [4.69, 9.17) is 0 Å². The molecule has 1 heterocycles. The molecule has 0 saturated heterocycles. The average Bonchev–Trinajstić information content (AvgIpc) is 3.36. The van der Waals surface area contributed by atoms with Crippen molar-refractivity contribution in [1.29, 1.82) is 0 Å². The Hall–Kier alpha value is -1.76. The van der Waals surface area contributed by atoms with E-state index in [0.29, 0.717) is 22.2 Å². The van der Waals surface area contributed by atoms with Gasteiger partial charge in [0.25, 0.3) is 0 Å². The molecule has 9 atom stereocenters. The van der Waals surface area contributed by atoms with Crippen LogP contribution >= 0.6 is 0 Å². The Morgan fingerprint density at radius 3 is 2.34 bits per heavy atom. The van der Waals surface area contributed by atoms with E-state index in [1.807, 2.05) is 24.4 Å². The molecule has 0 N–H and O–H groups in total. The molecule has 0 amide bonds. The molecule has 4 saturated carbocycles. The summed E-state index contributed by atoms with van der Waals surface area (Å²) in [6.45, 7) is 15.7. The number of nitrogens with zero attached hydrogens (tertiary/aromatic N) is 1. The van der Waals surface area contributed by atoms with E-state index < -0.39 is 0 Å². The third-order valence-electron chi connectivity index (χ3n) is 15.3. The van der Waals surface area contributed by atoms with Crippen LogP contribution in [0, 0.1) is 57.8 Å². The fraction of sp³-hybridized carbons (Fsp3) is 0.622. The van der Waals surface area contributed by atoms with E-state index in [0.717, 1.165) is 46.8 Å². The zero-order valence-electron chi connectivity index (χ0n) is 30.2. The number of benzene rings is 2. The molecule has 1 radical (unpaired) electrons. The van der Waals surface area contributed by atoms with E-state index >= 15 is 0 Å². The van der Waals surface area contributed by atoms with Gasteiger partial charge in [0.15, 0.2) is 0 Å². The summed E-state index contributed by atoms with van der Waals surface area (Å²) in [7, 11) is 0. The van der Waals surface area contributed by atoms with Gasteiger partial charge in [-0.05, 0) is 138 Å². The Labute approximate surface area is 300 Å². The molecule has 0 bridgehead atoms. The second-order valence-corrected chi connectivity index (χ2v) is 17.6. The van der Waals surface area contributed by atoms with Crippen molar-refractivity contribution < 1.29 is 20.1 Å². The van der Waals surface area contributed by atoms with E-state index in [1.165, 1.54) is 88.2 Å². The van der Waals surface area contributed by atoms with Gasteiger partial charge in [0, 0.05) is 26.3 Å². The van der Waals surface area contributed by atoms with Gasteiger partial charge in [0.2, 0.25) is 0 Å². The number of rotatable bonds is 8. The van der Waals surface area contributed by atoms with Crippen molar-refractivity contribution in [1.82, 2.24) is 4.98 Å². The van der Waals surface area contributed by atoms with E-state index in [9.17, 15) is 0 Å². The van der Waals surface area contributed by atoms with E-state index in [-0.39, 0.29) is 20.1 Å². The maximum atomic E-state index is 4.54. The van der Waals surface area contributed by atoms with Crippen LogP contribution in [0.3, 0.4) is 0 Å². The molecule has 0 aliphatic heterocycles. The first kappa shape index (κ1) is 35.1. The average molecular weight is 807 g/mol. The van der Waals surface area contributed by atoms with Gasteiger partial charge in [-0.3, -0.25) is 0 Å². The third kappa shape index (κ3) is 6.27. The van der Waals surface area contributed by atoms with Crippen LogP contribution in [-0.4, -0.2) is 4.98 Å². The normalized spacial score (nSPS) is 35.3. The van der Waals surface area contributed by atoms with Crippen LogP contribution in [0.5, 0.6) is 0 Å². The molecule has 2 heteroatoms. The van der Waals surface area contributed by atoms with Gasteiger partial charge in [-0.15, -0.1) is 35.4 Å². The van der Waals surface area contributed by atoms with Crippen molar-refractivity contribution in [3.8, 4) is 22.4 Å². The molecule has 4 fully saturated rings. The molecule has 1 aromatic heterocycles. The second-order valence-electron chi connectivity index (χ2n) is 17.6. The number of hydrogen-bond acceptors (Lipinski definition) is 1. The van der Waals surface area contributed by atoms with Gasteiger partial charge >= 0.3 is 0 Å². The quantitative estimate of drug-likeness (QED) is 0.207. The maximum absolute atomic E-state index is 4.54. The van der Waals surface area contributed by atoms with Crippen molar-refractivity contribution in [2.24, 2.45) is 51.8 Å². The standard InChI is InChI=1S/C45H60N.Ir/c1-31(2)11-9-12-32(3)44(5)26-24-41-39-21-20-38-30-36(22-25-43(38,4)40(39)23-27-45(41,44)6)34-18-16-33(17-19-34)35-13-10-14-37(29-35)42-15-7-8-28-46-42;/h7-8,10,13,15-19,28-29,31-32,36,38-41H,9,11-12,20-27,30H2,1-6H3;/q-1;/t32-,36?,38+,39-,40?,41+,43+,44-,45+;/m1./s1. The second kappa shape index (κ2) is 13.9. The van der Waals surface area contributed by atoms with Crippen LogP contribution < -0.4 is 0 Å². The van der Waals surface area contributed by atoms with Crippen LogP contribution in [0.15, 0.2) is 66.9 Å². The fourth-order valence-corrected chi connectivity index (χ4v) is 12.1. The number of fused-ring (bicyclic) bond motifs is 5. The smallest absolute Gasteiger partial charge is 0.0160 e. The molecular weight excluding hydrogens is 747 g/mol. The van der Waals surface area contributed by atoms with E-state index in [2.05, 4.69) is 95.1 Å². The van der Waals surface area contributed by atoms with Crippen molar-refractivity contribution in [3.63, 3.8) is 0 Å². The van der Waals surface area contributed by atoms with Gasteiger partial charge in [0.1, 0.15) is 0 Å². The van der Waals surface area contributed by atoms with Crippen molar-refractivity contribution >= 4 is 0 Å². The Balaban J connectivity index is 0.00000386.